The number of nitrogens with two attached hydrogens (primary N) is 1. The Kier molecular flexibility index (Phi) is 10.8. The van der Waals surface area contributed by atoms with Crippen LogP contribution in [0.3, 0.4) is 0 Å². The van der Waals surface area contributed by atoms with E-state index in [0.29, 0.717) is 30.3 Å². The van der Waals surface area contributed by atoms with Gasteiger partial charge in [-0.3, -0.25) is 0 Å². The van der Waals surface area contributed by atoms with Crippen LogP contribution >= 0.6 is 0 Å². The number of nitrogens with zero attached hydrogens (tertiary/aromatic N) is 3. The number of imidazole rings is 1. The number of methoxy groups -OCH3 is 1. The Morgan fingerprint density at radius 2 is 1.87 bits per heavy atom. The Bertz CT molecular complexity index is 952. The van der Waals surface area contributed by atoms with Gasteiger partial charge in [-0.1, -0.05) is 35.9 Å². The molecule has 0 spiro atoms. The summed E-state index contributed by atoms with van der Waals surface area (Å²) in [6, 6.07) is 9.83. The van der Waals surface area contributed by atoms with Gasteiger partial charge >= 0.3 is 0 Å². The molecule has 0 atom stereocenters. The summed E-state index contributed by atoms with van der Waals surface area (Å²) in [5.41, 5.74) is 8.95. The minimum atomic E-state index is -0.463. The van der Waals surface area contributed by atoms with E-state index >= 15 is 0 Å². The number of benzene rings is 1. The monoisotopic (exact) mass is 425 g/mol. The van der Waals surface area contributed by atoms with Crippen molar-refractivity contribution in [3.8, 4) is 18.7 Å². The van der Waals surface area contributed by atoms with Gasteiger partial charge in [0.05, 0.1) is 12.9 Å². The molecule has 0 saturated heterocycles. The maximum absolute atomic E-state index is 5.64. The van der Waals surface area contributed by atoms with Crippen LogP contribution in [0.25, 0.3) is 11.2 Å². The fourth-order valence-electron chi connectivity index (χ4n) is 2.18. The summed E-state index contributed by atoms with van der Waals surface area (Å²) < 4.78 is 16.1. The topological polar surface area (TPSA) is 108 Å². The van der Waals surface area contributed by atoms with Gasteiger partial charge in [0.15, 0.2) is 11.4 Å². The number of anilines is 1. The lowest BCUT2D eigenvalue weighted by Crippen LogP contribution is -2.27. The highest BCUT2D eigenvalue weighted by atomic mass is 16.7. The van der Waals surface area contributed by atoms with Gasteiger partial charge in [0.1, 0.15) is 12.1 Å². The molecule has 2 aromatic heterocycles. The molecule has 0 radical (unpaired) electrons. The molecule has 2 heterocycles. The number of hydrogen-bond donors (Lipinski definition) is 2. The standard InChI is InChI=1S/C12H11N5O.C9H18O2.C2H2/c13-12-16-10-9(14-7-15-10)11(17-12)18-6-8-4-2-1-3-5-8;1-8(2)6-7-11-9(3,4)10-5;1-2/h1-5,7H,6H2,(H3,13,14,15,16,17);1,6-7H2,2-5H3;1-2H. The van der Waals surface area contributed by atoms with Gasteiger partial charge < -0.3 is 24.9 Å². The van der Waals surface area contributed by atoms with Crippen molar-refractivity contribution in [2.75, 3.05) is 19.5 Å². The predicted molar refractivity (Wildman–Crippen MR) is 123 cm³/mol. The highest BCUT2D eigenvalue weighted by Gasteiger charge is 2.15. The first-order valence-corrected chi connectivity index (χ1v) is 9.61. The molecule has 0 bridgehead atoms. The Balaban J connectivity index is 0.000000321. The van der Waals surface area contributed by atoms with Gasteiger partial charge in [0.2, 0.25) is 11.8 Å². The normalized spacial score (nSPS) is 10.4. The fourth-order valence-corrected chi connectivity index (χ4v) is 2.18. The summed E-state index contributed by atoms with van der Waals surface area (Å²) in [6.07, 6.45) is 10.4. The summed E-state index contributed by atoms with van der Waals surface area (Å²) in [4.78, 5) is 15.0. The van der Waals surface area contributed by atoms with Crippen molar-refractivity contribution in [3.05, 3.63) is 54.4 Å². The molecule has 8 heteroatoms. The van der Waals surface area contributed by atoms with Crippen molar-refractivity contribution < 1.29 is 14.2 Å². The van der Waals surface area contributed by atoms with Crippen molar-refractivity contribution in [2.24, 2.45) is 0 Å². The number of terminal acetylenes is 1. The lowest BCUT2D eigenvalue weighted by molar-refractivity contribution is -0.196. The minimum Gasteiger partial charge on any atom is -0.471 e. The number of rotatable bonds is 8. The maximum Gasteiger partial charge on any atom is 0.245 e. The molecule has 8 nitrogen and oxygen atoms in total. The molecule has 0 aliphatic heterocycles. The minimum absolute atomic E-state index is 0.151. The molecule has 0 amide bonds. The van der Waals surface area contributed by atoms with E-state index in [0.717, 1.165) is 17.6 Å². The highest BCUT2D eigenvalue weighted by Crippen LogP contribution is 2.20. The van der Waals surface area contributed by atoms with Crippen LogP contribution in [0.5, 0.6) is 5.88 Å². The molecule has 3 rings (SSSR count). The van der Waals surface area contributed by atoms with E-state index in [-0.39, 0.29) is 5.95 Å². The van der Waals surface area contributed by atoms with Gasteiger partial charge in [-0.2, -0.15) is 9.97 Å². The van der Waals surface area contributed by atoms with Crippen molar-refractivity contribution >= 4 is 17.1 Å². The summed E-state index contributed by atoms with van der Waals surface area (Å²) in [6.45, 7) is 10.7. The third-order valence-electron chi connectivity index (χ3n) is 3.96. The molecule has 0 aliphatic rings. The average Bonchev–Trinajstić information content (AvgIpc) is 3.23. The Morgan fingerprint density at radius 3 is 2.48 bits per heavy atom. The van der Waals surface area contributed by atoms with Crippen LogP contribution in [-0.4, -0.2) is 39.4 Å². The zero-order valence-electron chi connectivity index (χ0n) is 18.6. The van der Waals surface area contributed by atoms with Crippen molar-refractivity contribution in [1.29, 1.82) is 0 Å². The van der Waals surface area contributed by atoms with Crippen LogP contribution in [0.4, 0.5) is 5.95 Å². The number of aromatic amines is 1. The SMILES string of the molecule is C#C.C=C(C)CCOC(C)(C)OC.Nc1nc(OCc2ccccc2)c2[nH]cnc2n1. The lowest BCUT2D eigenvalue weighted by Gasteiger charge is -2.23. The van der Waals surface area contributed by atoms with E-state index < -0.39 is 5.79 Å². The third-order valence-corrected chi connectivity index (χ3v) is 3.96. The molecule has 0 saturated carbocycles. The zero-order valence-corrected chi connectivity index (χ0v) is 18.6. The quantitative estimate of drug-likeness (QED) is 0.317. The van der Waals surface area contributed by atoms with Crippen molar-refractivity contribution in [3.63, 3.8) is 0 Å². The molecule has 31 heavy (non-hydrogen) atoms. The Morgan fingerprint density at radius 1 is 1.19 bits per heavy atom. The average molecular weight is 426 g/mol. The van der Waals surface area contributed by atoms with Gasteiger partial charge in [-0.15, -0.1) is 19.4 Å². The summed E-state index contributed by atoms with van der Waals surface area (Å²) in [5.74, 6) is 0.103. The zero-order chi connectivity index (χ0) is 23.3. The van der Waals surface area contributed by atoms with Crippen molar-refractivity contribution in [2.45, 2.75) is 39.6 Å². The van der Waals surface area contributed by atoms with E-state index in [4.69, 9.17) is 19.9 Å². The second kappa shape index (κ2) is 13.0. The van der Waals surface area contributed by atoms with Crippen LogP contribution in [0.1, 0.15) is 32.8 Å². The third kappa shape index (κ3) is 9.30. The van der Waals surface area contributed by atoms with E-state index in [1.54, 1.807) is 7.11 Å². The number of H-pyrrole nitrogens is 1. The number of hydrogen-bond acceptors (Lipinski definition) is 7. The first-order chi connectivity index (χ1) is 14.8. The van der Waals surface area contributed by atoms with E-state index in [9.17, 15) is 0 Å². The van der Waals surface area contributed by atoms with Crippen LogP contribution in [0.15, 0.2) is 48.8 Å². The number of fused-ring (bicyclic) bond motifs is 1. The molecular weight excluding hydrogens is 394 g/mol. The fraction of sp³-hybridized carbons (Fsp3) is 0.348. The number of aromatic nitrogens is 4. The summed E-state index contributed by atoms with van der Waals surface area (Å²) in [5, 5.41) is 0. The summed E-state index contributed by atoms with van der Waals surface area (Å²) in [7, 11) is 1.64. The number of ether oxygens (including phenoxy) is 3. The number of nitrogens with one attached hydrogen (secondary N) is 1. The smallest absolute Gasteiger partial charge is 0.245 e. The highest BCUT2D eigenvalue weighted by molar-refractivity contribution is 5.76. The Hall–Kier alpha value is -3.41. The van der Waals surface area contributed by atoms with Gasteiger partial charge in [0, 0.05) is 7.11 Å². The molecular formula is C23H31N5O3. The molecule has 0 fully saturated rings. The largest absolute Gasteiger partial charge is 0.471 e. The Labute approximate surface area is 183 Å². The van der Waals surface area contributed by atoms with Crippen molar-refractivity contribution in [1.82, 2.24) is 19.9 Å². The number of nitrogen functional groups attached to an aromatic ring is 1. The maximum atomic E-state index is 5.64. The second-order valence-electron chi connectivity index (χ2n) is 6.92. The molecule has 1 aromatic carbocycles. The molecule has 0 unspecified atom stereocenters. The van der Waals surface area contributed by atoms with E-state index in [1.165, 1.54) is 6.33 Å². The van der Waals surface area contributed by atoms with Crippen LogP contribution in [0.2, 0.25) is 0 Å². The second-order valence-corrected chi connectivity index (χ2v) is 6.92. The lowest BCUT2D eigenvalue weighted by atomic mass is 10.2. The predicted octanol–water partition coefficient (Wildman–Crippen LogP) is 4.12. The van der Waals surface area contributed by atoms with Crippen LogP contribution in [-0.2, 0) is 16.1 Å². The molecule has 166 valence electrons. The van der Waals surface area contributed by atoms with Crippen LogP contribution in [0, 0.1) is 12.8 Å². The molecule has 3 N–H and O–H groups in total. The first kappa shape index (κ1) is 25.6. The van der Waals surface area contributed by atoms with Gasteiger partial charge in [-0.25, -0.2) is 4.98 Å². The first-order valence-electron chi connectivity index (χ1n) is 9.61. The molecule has 3 aromatic rings. The van der Waals surface area contributed by atoms with Crippen LogP contribution < -0.4 is 10.5 Å². The van der Waals surface area contributed by atoms with Gasteiger partial charge in [-0.05, 0) is 32.8 Å². The molecule has 0 aliphatic carbocycles. The summed E-state index contributed by atoms with van der Waals surface area (Å²) >= 11 is 0. The van der Waals surface area contributed by atoms with Gasteiger partial charge in [0.25, 0.3) is 0 Å². The van der Waals surface area contributed by atoms with E-state index in [1.807, 2.05) is 51.1 Å². The van der Waals surface area contributed by atoms with E-state index in [2.05, 4.69) is 39.4 Å².